The number of aliphatic imine (C=N–C) groups is 1. The van der Waals surface area contributed by atoms with Crippen molar-refractivity contribution in [3.05, 3.63) is 89.2 Å². The lowest BCUT2D eigenvalue weighted by Gasteiger charge is -2.15. The Kier molecular flexibility index (Phi) is 7.19. The van der Waals surface area contributed by atoms with E-state index in [1.807, 2.05) is 43.3 Å². The van der Waals surface area contributed by atoms with Crippen molar-refractivity contribution < 1.29 is 9.53 Å². The fraction of sp³-hybridized carbons (Fsp3) is 0.136. The van der Waals surface area contributed by atoms with Crippen LogP contribution in [0.2, 0.25) is 5.02 Å². The molecule has 0 radical (unpaired) electrons. The fourth-order valence-corrected chi connectivity index (χ4v) is 2.65. The molecule has 0 atom stereocenters. The van der Waals surface area contributed by atoms with Crippen LogP contribution in [-0.4, -0.2) is 23.5 Å². The minimum absolute atomic E-state index is 0.295. The van der Waals surface area contributed by atoms with E-state index in [-0.39, 0.29) is 5.91 Å². The Bertz CT molecular complexity index is 976. The Morgan fingerprint density at radius 2 is 1.79 bits per heavy atom. The Hall–Kier alpha value is -3.38. The molecule has 1 aromatic heterocycles. The van der Waals surface area contributed by atoms with Gasteiger partial charge in [-0.1, -0.05) is 23.7 Å². The molecule has 6 nitrogen and oxygen atoms in total. The molecule has 0 aliphatic rings. The van der Waals surface area contributed by atoms with Gasteiger partial charge in [0.1, 0.15) is 5.75 Å². The maximum absolute atomic E-state index is 12.7. The van der Waals surface area contributed by atoms with Crippen LogP contribution in [0.4, 0.5) is 5.69 Å². The van der Waals surface area contributed by atoms with Crippen LogP contribution in [0.1, 0.15) is 22.8 Å². The first-order valence-electron chi connectivity index (χ1n) is 9.15. The largest absolute Gasteiger partial charge is 0.492 e. The summed E-state index contributed by atoms with van der Waals surface area (Å²) >= 11 is 5.91. The van der Waals surface area contributed by atoms with Crippen molar-refractivity contribution in [2.24, 2.45) is 4.99 Å². The number of amides is 1. The first-order chi connectivity index (χ1) is 14.2. The number of hydrogen-bond donors (Lipinski definition) is 2. The van der Waals surface area contributed by atoms with Crippen molar-refractivity contribution in [3.8, 4) is 5.75 Å². The van der Waals surface area contributed by atoms with E-state index >= 15 is 0 Å². The van der Waals surface area contributed by atoms with E-state index in [0.29, 0.717) is 41.1 Å². The van der Waals surface area contributed by atoms with E-state index in [1.165, 1.54) is 0 Å². The summed E-state index contributed by atoms with van der Waals surface area (Å²) in [5.41, 5.74) is 2.16. The van der Waals surface area contributed by atoms with Crippen molar-refractivity contribution in [2.45, 2.75) is 13.5 Å². The molecule has 1 heterocycles. The predicted octanol–water partition coefficient (Wildman–Crippen LogP) is 4.53. The Morgan fingerprint density at radius 3 is 2.52 bits per heavy atom. The van der Waals surface area contributed by atoms with E-state index in [2.05, 4.69) is 20.6 Å². The van der Waals surface area contributed by atoms with Crippen LogP contribution >= 0.6 is 11.6 Å². The number of nitrogens with one attached hydrogen (secondary N) is 2. The number of rotatable bonds is 6. The molecular formula is C22H21ClN4O2. The van der Waals surface area contributed by atoms with Crippen molar-refractivity contribution >= 4 is 29.2 Å². The van der Waals surface area contributed by atoms with Crippen LogP contribution in [0, 0.1) is 0 Å². The number of ether oxygens (including phenoxy) is 1. The summed E-state index contributed by atoms with van der Waals surface area (Å²) in [6, 6.07) is 17.9. The minimum atomic E-state index is -0.295. The molecule has 3 aromatic rings. The third kappa shape index (κ3) is 6.05. The number of para-hydroxylation sites is 2. The van der Waals surface area contributed by atoms with Gasteiger partial charge in [-0.3, -0.25) is 15.1 Å². The van der Waals surface area contributed by atoms with Gasteiger partial charge in [-0.25, -0.2) is 4.99 Å². The number of aromatic nitrogens is 1. The molecule has 0 aliphatic carbocycles. The summed E-state index contributed by atoms with van der Waals surface area (Å²) in [6.07, 6.45) is 3.41. The molecule has 3 rings (SSSR count). The summed E-state index contributed by atoms with van der Waals surface area (Å²) in [5, 5.41) is 6.56. The van der Waals surface area contributed by atoms with Crippen LogP contribution in [0.5, 0.6) is 5.75 Å². The maximum atomic E-state index is 12.7. The highest BCUT2D eigenvalue weighted by Crippen LogP contribution is 2.23. The van der Waals surface area contributed by atoms with Crippen LogP contribution < -0.4 is 15.4 Å². The molecular weight excluding hydrogens is 388 g/mol. The number of benzene rings is 2. The van der Waals surface area contributed by atoms with Crippen LogP contribution in [0.15, 0.2) is 78.0 Å². The molecule has 2 N–H and O–H groups in total. The Labute approximate surface area is 174 Å². The summed E-state index contributed by atoms with van der Waals surface area (Å²) < 4.78 is 5.65. The van der Waals surface area contributed by atoms with Gasteiger partial charge in [0.15, 0.2) is 0 Å². The number of halogens is 1. The first-order valence-corrected chi connectivity index (χ1v) is 9.52. The van der Waals surface area contributed by atoms with E-state index in [4.69, 9.17) is 16.3 Å². The van der Waals surface area contributed by atoms with Gasteiger partial charge in [-0.05, 0) is 61.0 Å². The zero-order chi connectivity index (χ0) is 20.5. The van der Waals surface area contributed by atoms with Gasteiger partial charge >= 0.3 is 0 Å². The molecule has 0 saturated heterocycles. The second kappa shape index (κ2) is 10.2. The second-order valence-electron chi connectivity index (χ2n) is 6.04. The van der Waals surface area contributed by atoms with E-state index in [9.17, 15) is 4.79 Å². The number of carbonyl (C=O) groups is 1. The maximum Gasteiger partial charge on any atom is 0.257 e. The van der Waals surface area contributed by atoms with Gasteiger partial charge in [-0.2, -0.15) is 0 Å². The number of anilines is 1. The SMILES string of the molecule is CCOc1ccccc1NC(=NCc1ccncc1)NC(=O)c1ccc(Cl)cc1. The summed E-state index contributed by atoms with van der Waals surface area (Å²) in [6.45, 7) is 2.82. The molecule has 0 unspecified atom stereocenters. The van der Waals surface area contributed by atoms with Crippen molar-refractivity contribution in [2.75, 3.05) is 11.9 Å². The number of guanidine groups is 1. The normalized spacial score (nSPS) is 11.0. The lowest BCUT2D eigenvalue weighted by Crippen LogP contribution is -2.36. The standard InChI is InChI=1S/C22H21ClN4O2/c1-2-29-20-6-4-3-5-19(20)26-22(25-15-16-11-13-24-14-12-16)27-21(28)17-7-9-18(23)10-8-17/h3-14H,2,15H2,1H3,(H2,25,26,27,28). The van der Waals surface area contributed by atoms with E-state index < -0.39 is 0 Å². The minimum Gasteiger partial charge on any atom is -0.492 e. The van der Waals surface area contributed by atoms with Crippen molar-refractivity contribution in [1.29, 1.82) is 0 Å². The third-order valence-corrected chi connectivity index (χ3v) is 4.20. The highest BCUT2D eigenvalue weighted by atomic mass is 35.5. The topological polar surface area (TPSA) is 75.6 Å². The van der Waals surface area contributed by atoms with Crippen LogP contribution in [-0.2, 0) is 6.54 Å². The van der Waals surface area contributed by atoms with Gasteiger partial charge in [0.2, 0.25) is 5.96 Å². The molecule has 2 aromatic carbocycles. The Morgan fingerprint density at radius 1 is 1.07 bits per heavy atom. The summed E-state index contributed by atoms with van der Waals surface area (Å²) in [4.78, 5) is 21.2. The molecule has 1 amide bonds. The number of carbonyl (C=O) groups excluding carboxylic acids is 1. The van der Waals surface area contributed by atoms with Crippen LogP contribution in [0.3, 0.4) is 0 Å². The molecule has 0 saturated carbocycles. The molecule has 29 heavy (non-hydrogen) atoms. The average Bonchev–Trinajstić information content (AvgIpc) is 2.75. The van der Waals surface area contributed by atoms with Crippen molar-refractivity contribution in [1.82, 2.24) is 10.3 Å². The predicted molar refractivity (Wildman–Crippen MR) is 116 cm³/mol. The van der Waals surface area contributed by atoms with Crippen LogP contribution in [0.25, 0.3) is 0 Å². The second-order valence-corrected chi connectivity index (χ2v) is 6.47. The summed E-state index contributed by atoms with van der Waals surface area (Å²) in [5.74, 6) is 0.692. The zero-order valence-corrected chi connectivity index (χ0v) is 16.7. The molecule has 0 spiro atoms. The van der Waals surface area contributed by atoms with Gasteiger partial charge in [0, 0.05) is 23.0 Å². The zero-order valence-electron chi connectivity index (χ0n) is 15.9. The van der Waals surface area contributed by atoms with Gasteiger partial charge in [-0.15, -0.1) is 0 Å². The monoisotopic (exact) mass is 408 g/mol. The first kappa shape index (κ1) is 20.4. The van der Waals surface area contributed by atoms with Crippen molar-refractivity contribution in [3.63, 3.8) is 0 Å². The van der Waals surface area contributed by atoms with Gasteiger partial charge in [0.05, 0.1) is 18.8 Å². The van der Waals surface area contributed by atoms with E-state index in [0.717, 1.165) is 5.56 Å². The van der Waals surface area contributed by atoms with Gasteiger partial charge < -0.3 is 10.1 Å². The number of nitrogens with zero attached hydrogens (tertiary/aromatic N) is 2. The molecule has 0 fully saturated rings. The number of pyridine rings is 1. The lowest BCUT2D eigenvalue weighted by atomic mass is 10.2. The average molecular weight is 409 g/mol. The molecule has 148 valence electrons. The highest BCUT2D eigenvalue weighted by Gasteiger charge is 2.11. The van der Waals surface area contributed by atoms with E-state index in [1.54, 1.807) is 36.7 Å². The summed E-state index contributed by atoms with van der Waals surface area (Å²) in [7, 11) is 0. The fourth-order valence-electron chi connectivity index (χ4n) is 2.53. The number of hydrogen-bond acceptors (Lipinski definition) is 4. The highest BCUT2D eigenvalue weighted by molar-refractivity contribution is 6.30. The van der Waals surface area contributed by atoms with Gasteiger partial charge in [0.25, 0.3) is 5.91 Å². The molecule has 0 bridgehead atoms. The Balaban J connectivity index is 1.83. The smallest absolute Gasteiger partial charge is 0.257 e. The quantitative estimate of drug-likeness (QED) is 0.464. The molecule has 7 heteroatoms. The third-order valence-electron chi connectivity index (χ3n) is 3.95. The molecule has 0 aliphatic heterocycles. The lowest BCUT2D eigenvalue weighted by molar-refractivity contribution is 0.0977.